The van der Waals surface area contributed by atoms with Crippen LogP contribution in [0.5, 0.6) is 11.5 Å². The molecular formula is C30H24ClNO7. The second-order valence-electron chi connectivity index (χ2n) is 9.32. The van der Waals surface area contributed by atoms with Crippen molar-refractivity contribution in [1.82, 2.24) is 0 Å². The van der Waals surface area contributed by atoms with Crippen LogP contribution >= 0.6 is 11.6 Å². The number of amides is 1. The van der Waals surface area contributed by atoms with Crippen LogP contribution in [-0.2, 0) is 9.59 Å². The number of nitrogens with zero attached hydrogens (tertiary/aromatic N) is 1. The van der Waals surface area contributed by atoms with Gasteiger partial charge in [0.2, 0.25) is 5.78 Å². The highest BCUT2D eigenvalue weighted by molar-refractivity contribution is 6.31. The molecule has 39 heavy (non-hydrogen) atoms. The van der Waals surface area contributed by atoms with Crippen LogP contribution in [0.1, 0.15) is 40.2 Å². The van der Waals surface area contributed by atoms with Crippen molar-refractivity contribution >= 4 is 45.9 Å². The number of furan rings is 1. The first-order chi connectivity index (χ1) is 18.6. The van der Waals surface area contributed by atoms with Gasteiger partial charge in [-0.15, -0.1) is 0 Å². The average Bonchev–Trinajstić information content (AvgIpc) is 3.41. The topological polar surface area (TPSA) is 106 Å². The van der Waals surface area contributed by atoms with E-state index in [-0.39, 0.29) is 17.1 Å². The van der Waals surface area contributed by atoms with Gasteiger partial charge in [-0.05, 0) is 66.9 Å². The van der Waals surface area contributed by atoms with Crippen LogP contribution in [0.15, 0.2) is 76.4 Å². The third-order valence-electron chi connectivity index (χ3n) is 6.36. The number of aliphatic hydroxyl groups is 1. The smallest absolute Gasteiger partial charge is 0.308 e. The van der Waals surface area contributed by atoms with Crippen LogP contribution in [0.2, 0.25) is 5.02 Å². The number of hydrogen-bond donors (Lipinski definition) is 1. The number of methoxy groups -OCH3 is 1. The summed E-state index contributed by atoms with van der Waals surface area (Å²) in [6, 6.07) is 15.6. The van der Waals surface area contributed by atoms with Gasteiger partial charge >= 0.3 is 5.97 Å². The Morgan fingerprint density at radius 2 is 1.74 bits per heavy atom. The molecule has 9 heteroatoms. The molecule has 1 atom stereocenters. The van der Waals surface area contributed by atoms with E-state index in [9.17, 15) is 19.5 Å². The maximum absolute atomic E-state index is 14.0. The lowest BCUT2D eigenvalue weighted by Gasteiger charge is -2.27. The number of esters is 1. The molecule has 3 aromatic carbocycles. The van der Waals surface area contributed by atoms with Gasteiger partial charge in [-0.1, -0.05) is 29.8 Å². The first-order valence-corrected chi connectivity index (χ1v) is 12.4. The third-order valence-corrected chi connectivity index (χ3v) is 6.58. The summed E-state index contributed by atoms with van der Waals surface area (Å²) in [5.41, 5.74) is 2.85. The largest absolute Gasteiger partial charge is 0.503 e. The van der Waals surface area contributed by atoms with E-state index in [1.54, 1.807) is 48.5 Å². The van der Waals surface area contributed by atoms with Crippen molar-refractivity contribution in [3.63, 3.8) is 0 Å². The normalized spacial score (nSPS) is 15.3. The van der Waals surface area contributed by atoms with Crippen molar-refractivity contribution in [2.45, 2.75) is 26.8 Å². The van der Waals surface area contributed by atoms with E-state index in [1.807, 2.05) is 19.9 Å². The van der Waals surface area contributed by atoms with Crippen molar-refractivity contribution in [3.05, 3.63) is 99.5 Å². The molecule has 1 aliphatic heterocycles. The van der Waals surface area contributed by atoms with Crippen LogP contribution in [0.4, 0.5) is 5.69 Å². The van der Waals surface area contributed by atoms with Gasteiger partial charge in [-0.2, -0.15) is 0 Å². The molecule has 1 aromatic heterocycles. The molecule has 0 aliphatic carbocycles. The second kappa shape index (κ2) is 9.96. The molecule has 198 valence electrons. The van der Waals surface area contributed by atoms with Crippen LogP contribution < -0.4 is 14.4 Å². The van der Waals surface area contributed by atoms with E-state index in [1.165, 1.54) is 25.0 Å². The van der Waals surface area contributed by atoms with Crippen LogP contribution in [0.3, 0.4) is 0 Å². The van der Waals surface area contributed by atoms with Gasteiger partial charge in [-0.3, -0.25) is 19.3 Å². The zero-order valence-corrected chi connectivity index (χ0v) is 22.3. The number of Topliss-reactive ketones (excluding diaryl/α,β-unsaturated/α-hetero) is 1. The summed E-state index contributed by atoms with van der Waals surface area (Å²) in [7, 11) is 1.45. The van der Waals surface area contributed by atoms with Gasteiger partial charge in [0.05, 0.1) is 18.7 Å². The van der Waals surface area contributed by atoms with E-state index in [2.05, 4.69) is 0 Å². The summed E-state index contributed by atoms with van der Waals surface area (Å²) in [6.45, 7) is 5.05. The Kier molecular flexibility index (Phi) is 6.66. The summed E-state index contributed by atoms with van der Waals surface area (Å²) in [6.07, 6.45) is 0. The molecule has 1 N–H and O–H groups in total. The maximum Gasteiger partial charge on any atom is 0.308 e. The van der Waals surface area contributed by atoms with Crippen molar-refractivity contribution in [1.29, 1.82) is 0 Å². The van der Waals surface area contributed by atoms with Crippen molar-refractivity contribution in [2.75, 3.05) is 12.0 Å². The molecule has 1 amide bonds. The Bertz CT molecular complexity index is 1680. The van der Waals surface area contributed by atoms with Gasteiger partial charge in [0, 0.05) is 29.1 Å². The standard InChI is InChI=1S/C30H24ClNO7/c1-15-8-16(2)10-21(9-15)32-26(18-6-5-7-22(12-18)38-17(3)33)25(28(35)30(32)36)27(34)23-13-19-11-20(31)14-24(37-4)29(19)39-23/h5-14,26,35H,1-4H3. The van der Waals surface area contributed by atoms with Gasteiger partial charge in [0.25, 0.3) is 5.91 Å². The monoisotopic (exact) mass is 545 g/mol. The number of benzene rings is 3. The number of aryl methyl sites for hydroxylation is 2. The van der Waals surface area contributed by atoms with E-state index < -0.39 is 29.5 Å². The zero-order chi connectivity index (χ0) is 28.0. The number of fused-ring (bicyclic) bond motifs is 1. The average molecular weight is 546 g/mol. The molecule has 0 bridgehead atoms. The lowest BCUT2D eigenvalue weighted by molar-refractivity contribution is -0.131. The Hall–Kier alpha value is -4.56. The third kappa shape index (κ3) is 4.75. The number of carbonyl (C=O) groups is 3. The Balaban J connectivity index is 1.69. The van der Waals surface area contributed by atoms with E-state index >= 15 is 0 Å². The lowest BCUT2D eigenvalue weighted by Crippen LogP contribution is -2.31. The van der Waals surface area contributed by atoms with Crippen LogP contribution in [0, 0.1) is 13.8 Å². The second-order valence-corrected chi connectivity index (χ2v) is 9.75. The predicted molar refractivity (Wildman–Crippen MR) is 146 cm³/mol. The SMILES string of the molecule is COc1cc(Cl)cc2cc(C(=O)C3=C(O)C(=O)N(c4cc(C)cc(C)c4)C3c3cccc(OC(C)=O)c3)oc12. The maximum atomic E-state index is 14.0. The summed E-state index contributed by atoms with van der Waals surface area (Å²) >= 11 is 6.18. The highest BCUT2D eigenvalue weighted by atomic mass is 35.5. The summed E-state index contributed by atoms with van der Waals surface area (Å²) in [4.78, 5) is 40.5. The highest BCUT2D eigenvalue weighted by Crippen LogP contribution is 2.44. The summed E-state index contributed by atoms with van der Waals surface area (Å²) in [5.74, 6) is -2.21. The van der Waals surface area contributed by atoms with Gasteiger partial charge in [-0.25, -0.2) is 0 Å². The van der Waals surface area contributed by atoms with Crippen molar-refractivity contribution in [3.8, 4) is 11.5 Å². The highest BCUT2D eigenvalue weighted by Gasteiger charge is 2.45. The van der Waals surface area contributed by atoms with E-state index in [0.717, 1.165) is 11.1 Å². The molecule has 0 fully saturated rings. The number of hydrogen-bond acceptors (Lipinski definition) is 7. The molecular weight excluding hydrogens is 522 g/mol. The minimum Gasteiger partial charge on any atom is -0.503 e. The number of aliphatic hydroxyl groups excluding tert-OH is 1. The number of rotatable bonds is 6. The Morgan fingerprint density at radius 3 is 2.41 bits per heavy atom. The number of anilines is 1. The molecule has 4 aromatic rings. The molecule has 1 unspecified atom stereocenters. The van der Waals surface area contributed by atoms with Crippen molar-refractivity contribution in [2.24, 2.45) is 0 Å². The summed E-state index contributed by atoms with van der Waals surface area (Å²) < 4.78 is 16.5. The minimum atomic E-state index is -1.04. The van der Waals surface area contributed by atoms with Crippen LogP contribution in [0.25, 0.3) is 11.0 Å². The fraction of sp³-hybridized carbons (Fsp3) is 0.167. The number of ether oxygens (including phenoxy) is 2. The Labute approximate surface area is 229 Å². The predicted octanol–water partition coefficient (Wildman–Crippen LogP) is 6.42. The molecule has 0 saturated carbocycles. The molecule has 2 heterocycles. The molecule has 5 rings (SSSR count). The fourth-order valence-corrected chi connectivity index (χ4v) is 5.12. The lowest BCUT2D eigenvalue weighted by atomic mass is 9.94. The summed E-state index contributed by atoms with van der Waals surface area (Å²) in [5, 5.41) is 12.0. The molecule has 0 radical (unpaired) electrons. The molecule has 0 spiro atoms. The van der Waals surface area contributed by atoms with Gasteiger partial charge in [0.15, 0.2) is 22.9 Å². The minimum absolute atomic E-state index is 0.108. The molecule has 1 aliphatic rings. The number of ketones is 1. The first kappa shape index (κ1) is 26.1. The van der Waals surface area contributed by atoms with E-state index in [0.29, 0.717) is 33.0 Å². The van der Waals surface area contributed by atoms with Crippen LogP contribution in [-0.4, -0.2) is 29.9 Å². The zero-order valence-electron chi connectivity index (χ0n) is 21.6. The van der Waals surface area contributed by atoms with Gasteiger partial charge in [0.1, 0.15) is 5.75 Å². The molecule has 8 nitrogen and oxygen atoms in total. The van der Waals surface area contributed by atoms with Gasteiger partial charge < -0.3 is 19.0 Å². The van der Waals surface area contributed by atoms with Crippen molar-refractivity contribution < 1.29 is 33.4 Å². The first-order valence-electron chi connectivity index (χ1n) is 12.0. The fourth-order valence-electron chi connectivity index (χ4n) is 4.90. The quantitative estimate of drug-likeness (QED) is 0.169. The van der Waals surface area contributed by atoms with E-state index in [4.69, 9.17) is 25.5 Å². The number of carbonyl (C=O) groups excluding carboxylic acids is 3. The molecule has 0 saturated heterocycles. The Morgan fingerprint density at radius 1 is 1.03 bits per heavy atom. The number of halogens is 1.